The smallest absolute Gasteiger partial charge is 0.121 e. The Balaban J connectivity index is 2.18. The average Bonchev–Trinajstić information content (AvgIpc) is 2.83. The van der Waals surface area contributed by atoms with Crippen molar-refractivity contribution in [1.82, 2.24) is 14.5 Å². The normalized spacial score (nSPS) is 12.8. The van der Waals surface area contributed by atoms with Crippen LogP contribution in [0.2, 0.25) is 0 Å². The maximum atomic E-state index is 10.5. The van der Waals surface area contributed by atoms with Crippen molar-refractivity contribution >= 4 is 10.8 Å². The van der Waals surface area contributed by atoms with E-state index in [0.717, 1.165) is 22.0 Å². The fourth-order valence-corrected chi connectivity index (χ4v) is 2.18. The molecule has 0 radical (unpaired) electrons. The van der Waals surface area contributed by atoms with Crippen LogP contribution in [0, 0.1) is 0 Å². The largest absolute Gasteiger partial charge is 0.382 e. The van der Waals surface area contributed by atoms with Crippen LogP contribution in [0.15, 0.2) is 49.2 Å². The molecule has 0 saturated carbocycles. The molecule has 1 unspecified atom stereocenters. The van der Waals surface area contributed by atoms with E-state index in [-0.39, 0.29) is 0 Å². The molecule has 1 atom stereocenters. The summed E-state index contributed by atoms with van der Waals surface area (Å²) in [6, 6.07) is 7.77. The van der Waals surface area contributed by atoms with Gasteiger partial charge in [0.15, 0.2) is 0 Å². The third kappa shape index (κ3) is 1.67. The first kappa shape index (κ1) is 10.9. The van der Waals surface area contributed by atoms with Gasteiger partial charge >= 0.3 is 0 Å². The minimum absolute atomic E-state index is 0.677. The lowest BCUT2D eigenvalue weighted by atomic mass is 10.0. The van der Waals surface area contributed by atoms with Crippen LogP contribution in [-0.4, -0.2) is 19.6 Å². The van der Waals surface area contributed by atoms with Gasteiger partial charge in [-0.05, 0) is 17.0 Å². The molecule has 0 aliphatic rings. The SMILES string of the molecule is Cn1cncc1C(O)c1cccc2cnccc12. The van der Waals surface area contributed by atoms with E-state index in [1.165, 1.54) is 0 Å². The number of pyridine rings is 1. The van der Waals surface area contributed by atoms with Gasteiger partial charge < -0.3 is 9.67 Å². The van der Waals surface area contributed by atoms with E-state index in [9.17, 15) is 5.11 Å². The quantitative estimate of drug-likeness (QED) is 0.744. The van der Waals surface area contributed by atoms with Crippen molar-refractivity contribution < 1.29 is 5.11 Å². The Bertz CT molecular complexity index is 685. The van der Waals surface area contributed by atoms with Gasteiger partial charge in [0.1, 0.15) is 6.10 Å². The monoisotopic (exact) mass is 239 g/mol. The summed E-state index contributed by atoms with van der Waals surface area (Å²) in [5, 5.41) is 12.5. The molecule has 0 spiro atoms. The number of aryl methyl sites for hydroxylation is 1. The van der Waals surface area contributed by atoms with Crippen LogP contribution in [-0.2, 0) is 7.05 Å². The number of aliphatic hydroxyl groups excluding tert-OH is 1. The van der Waals surface area contributed by atoms with E-state index in [1.54, 1.807) is 24.9 Å². The van der Waals surface area contributed by atoms with Gasteiger partial charge in [-0.3, -0.25) is 4.98 Å². The summed E-state index contributed by atoms with van der Waals surface area (Å²) in [5.74, 6) is 0. The zero-order chi connectivity index (χ0) is 12.5. The first-order valence-corrected chi connectivity index (χ1v) is 5.74. The lowest BCUT2D eigenvalue weighted by Crippen LogP contribution is -2.05. The highest BCUT2D eigenvalue weighted by molar-refractivity contribution is 5.85. The molecule has 90 valence electrons. The number of aromatic nitrogens is 3. The molecular weight excluding hydrogens is 226 g/mol. The highest BCUT2D eigenvalue weighted by Crippen LogP contribution is 2.27. The first-order valence-electron chi connectivity index (χ1n) is 5.74. The fourth-order valence-electron chi connectivity index (χ4n) is 2.18. The summed E-state index contributed by atoms with van der Waals surface area (Å²) >= 11 is 0. The number of nitrogens with zero attached hydrogens (tertiary/aromatic N) is 3. The van der Waals surface area contributed by atoms with Gasteiger partial charge in [-0.1, -0.05) is 18.2 Å². The maximum absolute atomic E-state index is 10.5. The highest BCUT2D eigenvalue weighted by atomic mass is 16.3. The second kappa shape index (κ2) is 4.23. The number of benzene rings is 1. The minimum Gasteiger partial charge on any atom is -0.382 e. The molecule has 0 aliphatic heterocycles. The number of rotatable bonds is 2. The zero-order valence-electron chi connectivity index (χ0n) is 9.99. The Morgan fingerprint density at radius 3 is 2.83 bits per heavy atom. The third-order valence-electron chi connectivity index (χ3n) is 3.14. The maximum Gasteiger partial charge on any atom is 0.121 e. The van der Waals surface area contributed by atoms with Crippen LogP contribution in [0.1, 0.15) is 17.4 Å². The average molecular weight is 239 g/mol. The van der Waals surface area contributed by atoms with Crippen LogP contribution < -0.4 is 0 Å². The first-order chi connectivity index (χ1) is 8.77. The van der Waals surface area contributed by atoms with Gasteiger partial charge in [0.05, 0.1) is 18.2 Å². The summed E-state index contributed by atoms with van der Waals surface area (Å²) in [6.45, 7) is 0. The zero-order valence-corrected chi connectivity index (χ0v) is 9.99. The molecule has 18 heavy (non-hydrogen) atoms. The molecule has 0 bridgehead atoms. The molecule has 0 fully saturated rings. The van der Waals surface area contributed by atoms with Crippen LogP contribution in [0.25, 0.3) is 10.8 Å². The summed E-state index contributed by atoms with van der Waals surface area (Å²) in [5.41, 5.74) is 1.65. The Morgan fingerprint density at radius 1 is 1.17 bits per heavy atom. The summed E-state index contributed by atoms with van der Waals surface area (Å²) in [4.78, 5) is 8.13. The molecular formula is C14H13N3O. The number of hydrogen-bond donors (Lipinski definition) is 1. The fraction of sp³-hybridized carbons (Fsp3) is 0.143. The van der Waals surface area contributed by atoms with Gasteiger partial charge in [0, 0.05) is 24.8 Å². The van der Waals surface area contributed by atoms with Crippen molar-refractivity contribution in [2.45, 2.75) is 6.10 Å². The van der Waals surface area contributed by atoms with Crippen LogP contribution in [0.5, 0.6) is 0 Å². The molecule has 1 N–H and O–H groups in total. The van der Waals surface area contributed by atoms with Gasteiger partial charge in [-0.2, -0.15) is 0 Å². The second-order valence-electron chi connectivity index (χ2n) is 4.28. The second-order valence-corrected chi connectivity index (χ2v) is 4.28. The predicted molar refractivity (Wildman–Crippen MR) is 69.0 cm³/mol. The Morgan fingerprint density at radius 2 is 2.06 bits per heavy atom. The van der Waals surface area contributed by atoms with Gasteiger partial charge in [0.2, 0.25) is 0 Å². The number of imidazole rings is 1. The third-order valence-corrected chi connectivity index (χ3v) is 3.14. The molecule has 3 aromatic rings. The minimum atomic E-state index is -0.677. The van der Waals surface area contributed by atoms with Crippen LogP contribution in [0.3, 0.4) is 0 Å². The van der Waals surface area contributed by atoms with Crippen molar-refractivity contribution in [3.63, 3.8) is 0 Å². The van der Waals surface area contributed by atoms with Crippen molar-refractivity contribution in [1.29, 1.82) is 0 Å². The summed E-state index contributed by atoms with van der Waals surface area (Å²) in [7, 11) is 1.87. The Hall–Kier alpha value is -2.20. The summed E-state index contributed by atoms with van der Waals surface area (Å²) < 4.78 is 1.82. The number of fused-ring (bicyclic) bond motifs is 1. The Labute approximate surface area is 105 Å². The molecule has 0 saturated heterocycles. The lowest BCUT2D eigenvalue weighted by Gasteiger charge is -2.14. The van der Waals surface area contributed by atoms with Gasteiger partial charge in [-0.25, -0.2) is 4.98 Å². The Kier molecular flexibility index (Phi) is 2.57. The number of hydrogen-bond acceptors (Lipinski definition) is 3. The molecule has 0 amide bonds. The molecule has 1 aromatic carbocycles. The lowest BCUT2D eigenvalue weighted by molar-refractivity contribution is 0.213. The van der Waals surface area contributed by atoms with Gasteiger partial charge in [-0.15, -0.1) is 0 Å². The van der Waals surface area contributed by atoms with E-state index in [1.807, 2.05) is 35.9 Å². The summed E-state index contributed by atoms with van der Waals surface area (Å²) in [6.07, 6.45) is 6.23. The number of aliphatic hydroxyl groups is 1. The molecule has 2 heterocycles. The van der Waals surface area contributed by atoms with Crippen LogP contribution in [0.4, 0.5) is 0 Å². The van der Waals surface area contributed by atoms with E-state index in [4.69, 9.17) is 0 Å². The van der Waals surface area contributed by atoms with E-state index in [0.29, 0.717) is 0 Å². The van der Waals surface area contributed by atoms with Crippen molar-refractivity contribution in [3.05, 3.63) is 60.4 Å². The molecule has 3 rings (SSSR count). The molecule has 4 nitrogen and oxygen atoms in total. The van der Waals surface area contributed by atoms with Crippen molar-refractivity contribution in [3.8, 4) is 0 Å². The van der Waals surface area contributed by atoms with E-state index >= 15 is 0 Å². The molecule has 2 aromatic heterocycles. The molecule has 4 heteroatoms. The van der Waals surface area contributed by atoms with E-state index < -0.39 is 6.10 Å². The van der Waals surface area contributed by atoms with Crippen LogP contribution >= 0.6 is 0 Å². The predicted octanol–water partition coefficient (Wildman–Crippen LogP) is 2.05. The van der Waals surface area contributed by atoms with E-state index in [2.05, 4.69) is 9.97 Å². The standard InChI is InChI=1S/C14H13N3O/c1-17-9-16-8-13(17)14(18)12-4-2-3-10-7-15-6-5-11(10)12/h2-9,14,18H,1H3. The molecule has 0 aliphatic carbocycles. The van der Waals surface area contributed by atoms with Crippen molar-refractivity contribution in [2.24, 2.45) is 7.05 Å². The highest BCUT2D eigenvalue weighted by Gasteiger charge is 2.16. The topological polar surface area (TPSA) is 50.9 Å². The van der Waals surface area contributed by atoms with Crippen molar-refractivity contribution in [2.75, 3.05) is 0 Å². The van der Waals surface area contributed by atoms with Gasteiger partial charge in [0.25, 0.3) is 0 Å².